The summed E-state index contributed by atoms with van der Waals surface area (Å²) in [5, 5.41) is 10.5. The average Bonchev–Trinajstić information content (AvgIpc) is 3.28. The number of carbonyl (C=O) groups is 3. The van der Waals surface area contributed by atoms with E-state index in [4.69, 9.17) is 10.5 Å². The Labute approximate surface area is 212 Å². The molecular weight excluding hydrogens is 458 g/mol. The van der Waals surface area contributed by atoms with Crippen LogP contribution in [0.3, 0.4) is 0 Å². The van der Waals surface area contributed by atoms with E-state index in [9.17, 15) is 19.5 Å². The molecule has 3 N–H and O–H groups in total. The third-order valence-corrected chi connectivity index (χ3v) is 9.32. The zero-order valence-electron chi connectivity index (χ0n) is 20.8. The number of fused-ring (bicyclic) bond motifs is 1. The van der Waals surface area contributed by atoms with Gasteiger partial charge in [-0.1, -0.05) is 25.0 Å². The molecule has 0 spiro atoms. The Morgan fingerprint density at radius 2 is 1.78 bits per heavy atom. The Balaban J connectivity index is 1.34. The summed E-state index contributed by atoms with van der Waals surface area (Å²) < 4.78 is 5.51. The second-order valence-electron chi connectivity index (χ2n) is 11.5. The summed E-state index contributed by atoms with van der Waals surface area (Å²) in [6, 6.07) is 5.91. The number of nitrogens with two attached hydrogens (primary N) is 1. The minimum absolute atomic E-state index is 0.0775. The second-order valence-corrected chi connectivity index (χ2v) is 11.5. The first-order chi connectivity index (χ1) is 17.4. The number of primary amides is 1. The molecule has 1 aromatic rings. The summed E-state index contributed by atoms with van der Waals surface area (Å²) in [7, 11) is 0. The summed E-state index contributed by atoms with van der Waals surface area (Å²) in [5.74, 6) is -0.966. The van der Waals surface area contributed by atoms with E-state index in [0.717, 1.165) is 57.7 Å². The number of hydrogen-bond acceptors (Lipinski definition) is 6. The molecule has 194 valence electrons. The Morgan fingerprint density at radius 3 is 2.44 bits per heavy atom. The molecule has 0 aromatic heterocycles. The zero-order chi connectivity index (χ0) is 25.0. The van der Waals surface area contributed by atoms with E-state index in [-0.39, 0.29) is 30.8 Å². The molecule has 36 heavy (non-hydrogen) atoms. The van der Waals surface area contributed by atoms with Crippen LogP contribution in [0.4, 0.5) is 0 Å². The van der Waals surface area contributed by atoms with Crippen LogP contribution in [-0.2, 0) is 14.3 Å². The van der Waals surface area contributed by atoms with Gasteiger partial charge in [0, 0.05) is 11.6 Å². The fourth-order valence-electron chi connectivity index (χ4n) is 7.27. The van der Waals surface area contributed by atoms with Crippen molar-refractivity contribution < 1.29 is 24.2 Å². The molecule has 6 rings (SSSR count). The number of hydrogen-bond donors (Lipinski definition) is 2. The summed E-state index contributed by atoms with van der Waals surface area (Å²) in [4.78, 5) is 43.5. The van der Waals surface area contributed by atoms with Crippen LogP contribution in [0.25, 0.3) is 0 Å². The van der Waals surface area contributed by atoms with Gasteiger partial charge in [0.25, 0.3) is 0 Å². The monoisotopic (exact) mass is 495 g/mol. The van der Waals surface area contributed by atoms with Crippen molar-refractivity contribution in [3.63, 3.8) is 0 Å². The highest BCUT2D eigenvalue weighted by atomic mass is 16.5. The standard InChI is InChI=1S/C28H37N3O5/c29-27(34)20-8-5-18(16-9-11-30(12-10-16)19-6-7-19)13-21(20)24(17-3-1-2-4-17)28(35)31-14-22(32)26-25(31)23(33)15-36-26/h5,8,13,16-17,19,22,24-26,32H,1-4,6-7,9-12,14-15H2,(H2,29,34)/t22-,24-,25+,26+/m0/s1. The first kappa shape index (κ1) is 24.1. The Morgan fingerprint density at radius 1 is 1.06 bits per heavy atom. The molecule has 4 atom stereocenters. The Kier molecular flexibility index (Phi) is 6.38. The maximum absolute atomic E-state index is 14.2. The highest BCUT2D eigenvalue weighted by Gasteiger charge is 2.53. The van der Waals surface area contributed by atoms with Crippen LogP contribution in [0.5, 0.6) is 0 Å². The molecule has 2 amide bonds. The number of likely N-dealkylation sites (tertiary alicyclic amines) is 2. The lowest BCUT2D eigenvalue weighted by Crippen LogP contribution is -2.45. The fraction of sp³-hybridized carbons (Fsp3) is 0.679. The van der Waals surface area contributed by atoms with Gasteiger partial charge in [0.05, 0.1) is 12.5 Å². The van der Waals surface area contributed by atoms with Gasteiger partial charge in [0.15, 0.2) is 5.78 Å². The topological polar surface area (TPSA) is 113 Å². The molecule has 8 nitrogen and oxygen atoms in total. The van der Waals surface area contributed by atoms with E-state index in [1.807, 2.05) is 6.07 Å². The first-order valence-corrected chi connectivity index (χ1v) is 13.7. The molecule has 5 aliphatic rings. The molecule has 2 aliphatic carbocycles. The van der Waals surface area contributed by atoms with E-state index in [1.165, 1.54) is 23.3 Å². The Bertz CT molecular complexity index is 1040. The number of carbonyl (C=O) groups excluding carboxylic acids is 3. The van der Waals surface area contributed by atoms with E-state index < -0.39 is 30.1 Å². The predicted octanol–water partition coefficient (Wildman–Crippen LogP) is 1.94. The van der Waals surface area contributed by atoms with Crippen molar-refractivity contribution in [1.82, 2.24) is 9.80 Å². The smallest absolute Gasteiger partial charge is 0.249 e. The van der Waals surface area contributed by atoms with Crippen molar-refractivity contribution in [2.45, 2.75) is 87.5 Å². The highest BCUT2D eigenvalue weighted by Crippen LogP contribution is 2.43. The largest absolute Gasteiger partial charge is 0.388 e. The van der Waals surface area contributed by atoms with Crippen LogP contribution in [0.2, 0.25) is 0 Å². The summed E-state index contributed by atoms with van der Waals surface area (Å²) in [6.45, 7) is 2.17. The van der Waals surface area contributed by atoms with Crippen LogP contribution in [0.1, 0.15) is 84.7 Å². The van der Waals surface area contributed by atoms with E-state index in [0.29, 0.717) is 17.0 Å². The number of β-amino-alcohol motifs (C(OH)–C–C–N with tert-alkyl or cyclic N) is 1. The van der Waals surface area contributed by atoms with Gasteiger partial charge in [-0.05, 0) is 80.6 Å². The van der Waals surface area contributed by atoms with Gasteiger partial charge >= 0.3 is 0 Å². The van der Waals surface area contributed by atoms with Crippen molar-refractivity contribution >= 4 is 17.6 Å². The summed E-state index contributed by atoms with van der Waals surface area (Å²) in [5.41, 5.74) is 8.10. The number of Topliss-reactive ketones (excluding diaryl/α,β-unsaturated/α-hetero) is 1. The molecule has 3 aliphatic heterocycles. The molecule has 2 saturated carbocycles. The molecule has 3 saturated heterocycles. The number of nitrogens with zero attached hydrogens (tertiary/aromatic N) is 2. The maximum Gasteiger partial charge on any atom is 0.249 e. The van der Waals surface area contributed by atoms with Crippen LogP contribution < -0.4 is 5.73 Å². The van der Waals surface area contributed by atoms with Crippen LogP contribution in [-0.4, -0.2) is 83.0 Å². The molecule has 0 radical (unpaired) electrons. The number of benzene rings is 1. The van der Waals surface area contributed by atoms with Crippen molar-refractivity contribution in [2.75, 3.05) is 26.2 Å². The van der Waals surface area contributed by atoms with Gasteiger partial charge in [0.1, 0.15) is 24.9 Å². The molecule has 1 aromatic carbocycles. The zero-order valence-corrected chi connectivity index (χ0v) is 20.8. The van der Waals surface area contributed by atoms with Gasteiger partial charge in [-0.2, -0.15) is 0 Å². The number of ether oxygens (including phenoxy) is 1. The third kappa shape index (κ3) is 4.27. The molecule has 0 bridgehead atoms. The van der Waals surface area contributed by atoms with E-state index in [2.05, 4.69) is 11.0 Å². The van der Waals surface area contributed by atoms with Gasteiger partial charge in [0.2, 0.25) is 11.8 Å². The van der Waals surface area contributed by atoms with E-state index >= 15 is 0 Å². The highest BCUT2D eigenvalue weighted by molar-refractivity contribution is 5.99. The second kappa shape index (κ2) is 9.54. The SMILES string of the molecule is NC(=O)c1ccc(C2CCN(C3CC3)CC2)cc1[C@@H](C(=O)N1C[C@H](O)[C@H]2OCC(=O)[C@H]21)C1CCCC1. The molecular formula is C28H37N3O5. The van der Waals surface area contributed by atoms with Gasteiger partial charge in [-0.25, -0.2) is 0 Å². The van der Waals surface area contributed by atoms with Crippen molar-refractivity contribution in [2.24, 2.45) is 11.7 Å². The molecule has 5 fully saturated rings. The third-order valence-electron chi connectivity index (χ3n) is 9.32. The quantitative estimate of drug-likeness (QED) is 0.624. The number of aliphatic hydroxyl groups is 1. The Hall–Kier alpha value is -2.29. The van der Waals surface area contributed by atoms with Crippen LogP contribution >= 0.6 is 0 Å². The van der Waals surface area contributed by atoms with E-state index in [1.54, 1.807) is 6.07 Å². The lowest BCUT2D eigenvalue weighted by Gasteiger charge is -2.34. The van der Waals surface area contributed by atoms with Gasteiger partial charge in [-0.3, -0.25) is 14.4 Å². The minimum atomic E-state index is -0.881. The number of piperidine rings is 1. The molecule has 0 unspecified atom stereocenters. The fourth-order valence-corrected chi connectivity index (χ4v) is 7.27. The van der Waals surface area contributed by atoms with Crippen molar-refractivity contribution in [3.8, 4) is 0 Å². The maximum atomic E-state index is 14.2. The number of ketones is 1. The van der Waals surface area contributed by atoms with Crippen molar-refractivity contribution in [3.05, 3.63) is 34.9 Å². The number of rotatable bonds is 6. The normalized spacial score (nSPS) is 30.6. The lowest BCUT2D eigenvalue weighted by atomic mass is 9.78. The number of amides is 2. The summed E-state index contributed by atoms with van der Waals surface area (Å²) in [6.07, 6.45) is 7.09. The molecule has 3 heterocycles. The van der Waals surface area contributed by atoms with Crippen LogP contribution in [0.15, 0.2) is 18.2 Å². The predicted molar refractivity (Wildman–Crippen MR) is 132 cm³/mol. The van der Waals surface area contributed by atoms with Crippen LogP contribution in [0, 0.1) is 5.92 Å². The average molecular weight is 496 g/mol. The van der Waals surface area contributed by atoms with Gasteiger partial charge in [-0.15, -0.1) is 0 Å². The minimum Gasteiger partial charge on any atom is -0.388 e. The summed E-state index contributed by atoms with van der Waals surface area (Å²) >= 11 is 0. The lowest BCUT2D eigenvalue weighted by molar-refractivity contribution is -0.139. The van der Waals surface area contributed by atoms with Gasteiger partial charge < -0.3 is 25.4 Å². The van der Waals surface area contributed by atoms with Crippen molar-refractivity contribution in [1.29, 1.82) is 0 Å². The molecule has 8 heteroatoms. The number of aliphatic hydroxyl groups excluding tert-OH is 1. The first-order valence-electron chi connectivity index (χ1n) is 13.7.